The Balaban J connectivity index is 1.85. The Morgan fingerprint density at radius 3 is 2.54 bits per heavy atom. The summed E-state index contributed by atoms with van der Waals surface area (Å²) in [6.45, 7) is 1.10. The number of rotatable bonds is 5. The fourth-order valence-corrected chi connectivity index (χ4v) is 2.19. The van der Waals surface area contributed by atoms with Crippen LogP contribution in [-0.4, -0.2) is 55.9 Å². The molecule has 0 amide bonds. The number of nitro benzene ring substituents is 1. The highest BCUT2D eigenvalue weighted by Gasteiger charge is 2.32. The van der Waals surface area contributed by atoms with E-state index in [1.54, 1.807) is 0 Å². The number of piperazine rings is 1. The zero-order valence-corrected chi connectivity index (χ0v) is 12.9. The van der Waals surface area contributed by atoms with E-state index in [1.807, 2.05) is 0 Å². The van der Waals surface area contributed by atoms with Crippen LogP contribution in [0.1, 0.15) is 0 Å². The molecule has 0 aromatic heterocycles. The van der Waals surface area contributed by atoms with E-state index in [0.717, 1.165) is 0 Å². The first-order valence-electron chi connectivity index (χ1n) is 7.15. The number of carbonyl (C=O) groups excluding carboxylic acids is 2. The molecule has 1 heterocycles. The third-order valence-corrected chi connectivity index (χ3v) is 3.38. The van der Waals surface area contributed by atoms with Crippen LogP contribution in [0.3, 0.4) is 0 Å². The van der Waals surface area contributed by atoms with Crippen molar-refractivity contribution in [1.82, 2.24) is 10.6 Å². The number of nitro groups is 1. The standard InChI is InChI=1S/C14H17N3O7/c1-22-13(18)12-11(15-6-7-16-12)8-23-14(19)24-10-4-2-9(3-5-10)17(20)21/h2-5,11-12,15-16H,6-8H2,1H3/t11-,12+/m0/s1. The summed E-state index contributed by atoms with van der Waals surface area (Å²) in [7, 11) is 1.28. The van der Waals surface area contributed by atoms with Crippen molar-refractivity contribution in [3.8, 4) is 5.75 Å². The first-order valence-corrected chi connectivity index (χ1v) is 7.15. The number of esters is 1. The van der Waals surface area contributed by atoms with Gasteiger partial charge >= 0.3 is 12.1 Å². The molecule has 2 N–H and O–H groups in total. The van der Waals surface area contributed by atoms with Gasteiger partial charge in [0.05, 0.1) is 18.1 Å². The smallest absolute Gasteiger partial charge is 0.468 e. The number of nitrogens with one attached hydrogen (secondary N) is 2. The molecule has 1 aliphatic rings. The van der Waals surface area contributed by atoms with Gasteiger partial charge < -0.3 is 24.8 Å². The maximum Gasteiger partial charge on any atom is 0.513 e. The van der Waals surface area contributed by atoms with E-state index in [4.69, 9.17) is 9.47 Å². The van der Waals surface area contributed by atoms with Gasteiger partial charge in [0.1, 0.15) is 18.4 Å². The average Bonchev–Trinajstić information content (AvgIpc) is 2.60. The number of ether oxygens (including phenoxy) is 3. The molecule has 0 saturated carbocycles. The van der Waals surface area contributed by atoms with Gasteiger partial charge in [0.2, 0.25) is 0 Å². The minimum Gasteiger partial charge on any atom is -0.468 e. The minimum absolute atomic E-state index is 0.0986. The third kappa shape index (κ3) is 4.64. The second-order valence-electron chi connectivity index (χ2n) is 4.93. The fourth-order valence-electron chi connectivity index (χ4n) is 2.19. The SMILES string of the molecule is COC(=O)[C@@H]1NCCN[C@H]1COC(=O)Oc1ccc([N+](=O)[O-])cc1. The van der Waals surface area contributed by atoms with Gasteiger partial charge in [-0.05, 0) is 12.1 Å². The molecule has 1 aromatic carbocycles. The van der Waals surface area contributed by atoms with E-state index >= 15 is 0 Å². The molecule has 0 aliphatic carbocycles. The number of benzene rings is 1. The molecule has 1 aromatic rings. The molecule has 10 nitrogen and oxygen atoms in total. The van der Waals surface area contributed by atoms with Gasteiger partial charge in [-0.3, -0.25) is 14.9 Å². The first-order chi connectivity index (χ1) is 11.5. The first kappa shape index (κ1) is 17.6. The van der Waals surface area contributed by atoms with Crippen molar-refractivity contribution in [3.05, 3.63) is 34.4 Å². The van der Waals surface area contributed by atoms with Gasteiger partial charge in [0.25, 0.3) is 5.69 Å². The molecule has 1 aliphatic heterocycles. The molecule has 2 rings (SSSR count). The van der Waals surface area contributed by atoms with Crippen molar-refractivity contribution in [3.63, 3.8) is 0 Å². The summed E-state index contributed by atoms with van der Waals surface area (Å²) in [5, 5.41) is 16.6. The van der Waals surface area contributed by atoms with Crippen molar-refractivity contribution >= 4 is 17.8 Å². The molecule has 1 fully saturated rings. The summed E-state index contributed by atoms with van der Waals surface area (Å²) in [5.74, 6) is -0.343. The highest BCUT2D eigenvalue weighted by Crippen LogP contribution is 2.17. The Morgan fingerprint density at radius 2 is 1.92 bits per heavy atom. The van der Waals surface area contributed by atoms with Crippen LogP contribution in [0.25, 0.3) is 0 Å². The van der Waals surface area contributed by atoms with Crippen molar-refractivity contribution in [2.75, 3.05) is 26.8 Å². The molecule has 2 atom stereocenters. The molecule has 0 bridgehead atoms. The summed E-state index contributed by atoms with van der Waals surface area (Å²) in [6, 6.07) is 3.92. The Hall–Kier alpha value is -2.72. The van der Waals surface area contributed by atoms with Crippen LogP contribution in [0, 0.1) is 10.1 Å². The zero-order valence-electron chi connectivity index (χ0n) is 12.9. The molecule has 0 spiro atoms. The molecule has 0 radical (unpaired) electrons. The molecular weight excluding hydrogens is 322 g/mol. The van der Waals surface area contributed by atoms with Crippen molar-refractivity contribution < 1.29 is 28.7 Å². The fraction of sp³-hybridized carbons (Fsp3) is 0.429. The third-order valence-electron chi connectivity index (χ3n) is 3.38. The van der Waals surface area contributed by atoms with Gasteiger partial charge in [0.15, 0.2) is 0 Å². The van der Waals surface area contributed by atoms with Gasteiger partial charge in [-0.15, -0.1) is 0 Å². The predicted molar refractivity (Wildman–Crippen MR) is 80.7 cm³/mol. The number of non-ortho nitro benzene ring substituents is 1. The number of hydrogen-bond acceptors (Lipinski definition) is 9. The van der Waals surface area contributed by atoms with Gasteiger partial charge in [0, 0.05) is 25.2 Å². The Bertz CT molecular complexity index is 605. The summed E-state index contributed by atoms with van der Waals surface area (Å²) in [4.78, 5) is 33.3. The molecule has 24 heavy (non-hydrogen) atoms. The van der Waals surface area contributed by atoms with Crippen molar-refractivity contribution in [2.45, 2.75) is 12.1 Å². The quantitative estimate of drug-likeness (QED) is 0.335. The molecule has 1 saturated heterocycles. The van der Waals surface area contributed by atoms with Gasteiger partial charge in [-0.25, -0.2) is 4.79 Å². The lowest BCUT2D eigenvalue weighted by atomic mass is 10.1. The maximum atomic E-state index is 11.7. The lowest BCUT2D eigenvalue weighted by Gasteiger charge is -2.31. The van der Waals surface area contributed by atoms with Crippen molar-refractivity contribution in [1.29, 1.82) is 0 Å². The van der Waals surface area contributed by atoms with E-state index in [1.165, 1.54) is 31.4 Å². The van der Waals surface area contributed by atoms with Crippen LogP contribution in [0.15, 0.2) is 24.3 Å². The van der Waals surface area contributed by atoms with Crippen molar-refractivity contribution in [2.24, 2.45) is 0 Å². The van der Waals surface area contributed by atoms with E-state index in [-0.39, 0.29) is 18.0 Å². The highest BCUT2D eigenvalue weighted by atomic mass is 16.7. The van der Waals surface area contributed by atoms with E-state index in [9.17, 15) is 19.7 Å². The number of hydrogen-bond donors (Lipinski definition) is 2. The van der Waals surface area contributed by atoms with E-state index in [2.05, 4.69) is 15.4 Å². The largest absolute Gasteiger partial charge is 0.513 e. The number of methoxy groups -OCH3 is 1. The lowest BCUT2D eigenvalue weighted by molar-refractivity contribution is -0.384. The Morgan fingerprint density at radius 1 is 1.25 bits per heavy atom. The second kappa shape index (κ2) is 8.22. The van der Waals surface area contributed by atoms with Gasteiger partial charge in [-0.1, -0.05) is 0 Å². The molecule has 0 unspecified atom stereocenters. The summed E-state index contributed by atoms with van der Waals surface area (Å²) in [5.41, 5.74) is -0.117. The summed E-state index contributed by atoms with van der Waals surface area (Å²) in [6.07, 6.45) is -0.972. The van der Waals surface area contributed by atoms with Crippen LogP contribution >= 0.6 is 0 Å². The lowest BCUT2D eigenvalue weighted by Crippen LogP contribution is -2.61. The minimum atomic E-state index is -0.972. The number of carbonyl (C=O) groups is 2. The molecular formula is C14H17N3O7. The Kier molecular flexibility index (Phi) is 6.04. The van der Waals surface area contributed by atoms with Gasteiger partial charge in [-0.2, -0.15) is 0 Å². The monoisotopic (exact) mass is 339 g/mol. The molecule has 10 heteroatoms. The zero-order chi connectivity index (χ0) is 17.5. The average molecular weight is 339 g/mol. The summed E-state index contributed by atoms with van der Waals surface area (Å²) >= 11 is 0. The summed E-state index contributed by atoms with van der Waals surface area (Å²) < 4.78 is 14.6. The Labute approximate surface area is 137 Å². The second-order valence-corrected chi connectivity index (χ2v) is 4.93. The highest BCUT2D eigenvalue weighted by molar-refractivity contribution is 5.77. The van der Waals surface area contributed by atoms with Crippen LogP contribution in [0.5, 0.6) is 5.75 Å². The number of nitrogens with zero attached hydrogens (tertiary/aromatic N) is 1. The predicted octanol–water partition coefficient (Wildman–Crippen LogP) is 0.213. The molecule has 130 valence electrons. The van der Waals surface area contributed by atoms with Crippen LogP contribution in [0.2, 0.25) is 0 Å². The van der Waals surface area contributed by atoms with Crippen LogP contribution in [-0.2, 0) is 14.3 Å². The van der Waals surface area contributed by atoms with Crippen LogP contribution < -0.4 is 15.4 Å². The van der Waals surface area contributed by atoms with E-state index in [0.29, 0.717) is 13.1 Å². The van der Waals surface area contributed by atoms with Crippen LogP contribution in [0.4, 0.5) is 10.5 Å². The van der Waals surface area contributed by atoms with E-state index < -0.39 is 29.1 Å². The normalized spacial score (nSPS) is 20.0. The topological polar surface area (TPSA) is 129 Å². The maximum absolute atomic E-state index is 11.7.